The van der Waals surface area contributed by atoms with Gasteiger partial charge in [-0.1, -0.05) is 23.4 Å². The maximum Gasteiger partial charge on any atom is 0.471 e. The lowest BCUT2D eigenvalue weighted by Gasteiger charge is -2.04. The van der Waals surface area contributed by atoms with Crippen molar-refractivity contribution in [3.8, 4) is 11.4 Å². The van der Waals surface area contributed by atoms with Crippen LogP contribution in [-0.4, -0.2) is 21.0 Å². The average Bonchev–Trinajstić information content (AvgIpc) is 3.29. The number of alkyl halides is 3. The zero-order valence-corrected chi connectivity index (χ0v) is 13.5. The normalized spacial score (nSPS) is 11.7. The molecule has 0 atom stereocenters. The number of carbonyl (C=O) groups is 1. The Bertz CT molecular complexity index is 1080. The van der Waals surface area contributed by atoms with Gasteiger partial charge in [-0.25, -0.2) is 0 Å². The fraction of sp³-hybridized carbons (Fsp3) is 0.0556. The van der Waals surface area contributed by atoms with Crippen LogP contribution in [0.1, 0.15) is 16.4 Å². The number of carbonyl (C=O) groups excluding carboxylic acids is 1. The molecule has 136 valence electrons. The van der Waals surface area contributed by atoms with Gasteiger partial charge in [-0.3, -0.25) is 4.79 Å². The molecule has 2 aromatic carbocycles. The van der Waals surface area contributed by atoms with Gasteiger partial charge >= 0.3 is 12.1 Å². The van der Waals surface area contributed by atoms with E-state index in [-0.39, 0.29) is 11.7 Å². The number of aromatic nitrogens is 3. The summed E-state index contributed by atoms with van der Waals surface area (Å²) >= 11 is 0. The summed E-state index contributed by atoms with van der Waals surface area (Å²) in [5, 5.41) is 6.94. The number of anilines is 1. The van der Waals surface area contributed by atoms with E-state index < -0.39 is 12.1 Å². The molecule has 4 rings (SSSR count). The Labute approximate surface area is 150 Å². The molecule has 9 heteroatoms. The summed E-state index contributed by atoms with van der Waals surface area (Å²) in [7, 11) is 0. The number of H-pyrrole nitrogens is 1. The van der Waals surface area contributed by atoms with Crippen LogP contribution in [0.25, 0.3) is 22.3 Å². The van der Waals surface area contributed by atoms with Gasteiger partial charge in [0.15, 0.2) is 0 Å². The zero-order chi connectivity index (χ0) is 19.0. The second-order valence-electron chi connectivity index (χ2n) is 5.72. The van der Waals surface area contributed by atoms with Gasteiger partial charge in [0.2, 0.25) is 5.82 Å². The SMILES string of the molecule is O=C(Nc1ccc(-c2noc(C(F)(F)F)n2)cc1)c1cc2ccccc2[nH]1. The first-order chi connectivity index (χ1) is 12.9. The lowest BCUT2D eigenvalue weighted by molar-refractivity contribution is -0.159. The lowest BCUT2D eigenvalue weighted by Crippen LogP contribution is -2.12. The third kappa shape index (κ3) is 3.39. The van der Waals surface area contributed by atoms with Gasteiger partial charge in [0, 0.05) is 22.2 Å². The molecule has 2 N–H and O–H groups in total. The minimum Gasteiger partial charge on any atom is -0.351 e. The molecule has 0 spiro atoms. The second-order valence-corrected chi connectivity index (χ2v) is 5.72. The molecule has 0 aliphatic heterocycles. The van der Waals surface area contributed by atoms with Crippen LogP contribution in [0.3, 0.4) is 0 Å². The fourth-order valence-electron chi connectivity index (χ4n) is 2.55. The third-order valence-corrected chi connectivity index (χ3v) is 3.84. The van der Waals surface area contributed by atoms with E-state index in [1.54, 1.807) is 18.2 Å². The van der Waals surface area contributed by atoms with Crippen LogP contribution in [0.4, 0.5) is 18.9 Å². The van der Waals surface area contributed by atoms with Crippen LogP contribution in [0.5, 0.6) is 0 Å². The highest BCUT2D eigenvalue weighted by atomic mass is 19.4. The largest absolute Gasteiger partial charge is 0.471 e. The highest BCUT2D eigenvalue weighted by Gasteiger charge is 2.38. The molecular weight excluding hydrogens is 361 g/mol. The van der Waals surface area contributed by atoms with E-state index in [2.05, 4.69) is 25.0 Å². The number of para-hydroxylation sites is 1. The first kappa shape index (κ1) is 16.8. The maximum atomic E-state index is 12.5. The van der Waals surface area contributed by atoms with Crippen molar-refractivity contribution in [1.82, 2.24) is 15.1 Å². The number of hydrogen-bond acceptors (Lipinski definition) is 4. The summed E-state index contributed by atoms with van der Waals surface area (Å²) in [5.74, 6) is -1.93. The maximum absolute atomic E-state index is 12.5. The van der Waals surface area contributed by atoms with Crippen molar-refractivity contribution in [2.45, 2.75) is 6.18 Å². The Morgan fingerprint density at radius 2 is 1.81 bits per heavy atom. The van der Waals surface area contributed by atoms with E-state index in [0.29, 0.717) is 16.9 Å². The van der Waals surface area contributed by atoms with Gasteiger partial charge in [-0.15, -0.1) is 0 Å². The van der Waals surface area contributed by atoms with E-state index in [4.69, 9.17) is 0 Å². The summed E-state index contributed by atoms with van der Waals surface area (Å²) in [6.45, 7) is 0. The third-order valence-electron chi connectivity index (χ3n) is 3.84. The van der Waals surface area contributed by atoms with Crippen molar-refractivity contribution in [1.29, 1.82) is 0 Å². The van der Waals surface area contributed by atoms with Crippen LogP contribution in [0, 0.1) is 0 Å². The lowest BCUT2D eigenvalue weighted by atomic mass is 10.2. The Morgan fingerprint density at radius 1 is 1.07 bits per heavy atom. The Kier molecular flexibility index (Phi) is 3.91. The number of nitrogens with one attached hydrogen (secondary N) is 2. The van der Waals surface area contributed by atoms with Crippen molar-refractivity contribution in [3.63, 3.8) is 0 Å². The molecule has 4 aromatic rings. The van der Waals surface area contributed by atoms with Crippen molar-refractivity contribution in [3.05, 3.63) is 66.2 Å². The number of rotatable bonds is 3. The summed E-state index contributed by atoms with van der Waals surface area (Å²) in [6.07, 6.45) is -4.70. The van der Waals surface area contributed by atoms with Gasteiger partial charge in [-0.2, -0.15) is 18.2 Å². The molecular formula is C18H11F3N4O2. The van der Waals surface area contributed by atoms with E-state index in [9.17, 15) is 18.0 Å². The van der Waals surface area contributed by atoms with Gasteiger partial charge in [0.25, 0.3) is 5.91 Å². The molecule has 0 aliphatic carbocycles. The smallest absolute Gasteiger partial charge is 0.351 e. The summed E-state index contributed by atoms with van der Waals surface area (Å²) < 4.78 is 41.8. The number of amides is 1. The second kappa shape index (κ2) is 6.27. The van der Waals surface area contributed by atoms with Gasteiger partial charge in [-0.05, 0) is 36.4 Å². The molecule has 0 radical (unpaired) electrons. The summed E-state index contributed by atoms with van der Waals surface area (Å²) in [5.41, 5.74) is 2.05. The fourth-order valence-corrected chi connectivity index (χ4v) is 2.55. The quantitative estimate of drug-likeness (QED) is 0.555. The van der Waals surface area contributed by atoms with Crippen molar-refractivity contribution >= 4 is 22.5 Å². The molecule has 0 aliphatic rings. The van der Waals surface area contributed by atoms with E-state index in [1.807, 2.05) is 24.3 Å². The number of fused-ring (bicyclic) bond motifs is 1. The van der Waals surface area contributed by atoms with Crippen LogP contribution < -0.4 is 5.32 Å². The van der Waals surface area contributed by atoms with Crippen LogP contribution in [0.15, 0.2) is 59.1 Å². The minimum atomic E-state index is -4.70. The molecule has 0 bridgehead atoms. The molecule has 6 nitrogen and oxygen atoms in total. The summed E-state index contributed by atoms with van der Waals surface area (Å²) in [6, 6.07) is 15.3. The van der Waals surface area contributed by atoms with Crippen molar-refractivity contribution < 1.29 is 22.5 Å². The number of hydrogen-bond donors (Lipinski definition) is 2. The van der Waals surface area contributed by atoms with Gasteiger partial charge in [0.05, 0.1) is 0 Å². The van der Waals surface area contributed by atoms with Crippen LogP contribution in [-0.2, 0) is 6.18 Å². The number of aromatic amines is 1. The first-order valence-electron chi connectivity index (χ1n) is 7.80. The molecule has 2 aromatic heterocycles. The average molecular weight is 372 g/mol. The van der Waals surface area contributed by atoms with Crippen molar-refractivity contribution in [2.75, 3.05) is 5.32 Å². The molecule has 27 heavy (non-hydrogen) atoms. The van der Waals surface area contributed by atoms with Crippen LogP contribution in [0.2, 0.25) is 0 Å². The molecule has 0 fully saturated rings. The van der Waals surface area contributed by atoms with E-state index in [1.165, 1.54) is 12.1 Å². The zero-order valence-electron chi connectivity index (χ0n) is 13.5. The molecule has 0 saturated heterocycles. The Morgan fingerprint density at radius 3 is 2.48 bits per heavy atom. The Hall–Kier alpha value is -3.62. The molecule has 2 heterocycles. The van der Waals surface area contributed by atoms with Crippen molar-refractivity contribution in [2.24, 2.45) is 0 Å². The molecule has 0 unspecified atom stereocenters. The number of halogens is 3. The van der Waals surface area contributed by atoms with Gasteiger partial charge in [0.1, 0.15) is 5.69 Å². The topological polar surface area (TPSA) is 83.8 Å². The first-order valence-corrected chi connectivity index (χ1v) is 7.80. The Balaban J connectivity index is 1.50. The van der Waals surface area contributed by atoms with E-state index >= 15 is 0 Å². The number of benzene rings is 2. The van der Waals surface area contributed by atoms with E-state index in [0.717, 1.165) is 10.9 Å². The summed E-state index contributed by atoms with van der Waals surface area (Å²) in [4.78, 5) is 18.7. The molecule has 1 amide bonds. The molecule has 0 saturated carbocycles. The minimum absolute atomic E-state index is 0.184. The standard InChI is InChI=1S/C18H11F3N4O2/c19-18(20,21)17-24-15(25-27-17)10-5-7-12(8-6-10)22-16(26)14-9-11-3-1-2-4-13(11)23-14/h1-9,23H,(H,22,26). The van der Waals surface area contributed by atoms with Crippen LogP contribution >= 0.6 is 0 Å². The predicted molar refractivity (Wildman–Crippen MR) is 91.0 cm³/mol. The van der Waals surface area contributed by atoms with Gasteiger partial charge < -0.3 is 14.8 Å². The number of nitrogens with zero attached hydrogens (tertiary/aromatic N) is 2. The monoisotopic (exact) mass is 372 g/mol. The predicted octanol–water partition coefficient (Wildman–Crippen LogP) is 4.49. The highest BCUT2D eigenvalue weighted by Crippen LogP contribution is 2.29. The highest BCUT2D eigenvalue weighted by molar-refractivity contribution is 6.05.